The SMILES string of the molecule is CCN(CC)C(=O)c1cn(C2CCC23CCN(C(=O)CCn2ccnc2)CC3)nn1. The predicted molar refractivity (Wildman–Crippen MR) is 111 cm³/mol. The molecule has 9 nitrogen and oxygen atoms in total. The lowest BCUT2D eigenvalue weighted by Crippen LogP contribution is -2.51. The molecule has 1 atom stereocenters. The zero-order valence-electron chi connectivity index (χ0n) is 17.9. The fraction of sp³-hybridized carbons (Fsp3) is 0.667. The number of carbonyl (C=O) groups excluding carboxylic acids is 2. The van der Waals surface area contributed by atoms with Crippen molar-refractivity contribution in [2.24, 2.45) is 5.41 Å². The second-order valence-electron chi connectivity index (χ2n) is 8.41. The second kappa shape index (κ2) is 8.57. The number of hydrogen-bond donors (Lipinski definition) is 0. The van der Waals surface area contributed by atoms with E-state index in [0.29, 0.717) is 31.7 Å². The van der Waals surface area contributed by atoms with Crippen molar-refractivity contribution in [1.29, 1.82) is 0 Å². The molecule has 2 aromatic heterocycles. The molecule has 1 unspecified atom stereocenters. The Hall–Kier alpha value is -2.71. The summed E-state index contributed by atoms with van der Waals surface area (Å²) in [5.74, 6) is 0.153. The Morgan fingerprint density at radius 1 is 1.20 bits per heavy atom. The van der Waals surface area contributed by atoms with Crippen molar-refractivity contribution in [1.82, 2.24) is 34.3 Å². The van der Waals surface area contributed by atoms with Crippen molar-refractivity contribution in [2.45, 2.75) is 58.5 Å². The molecule has 0 aromatic carbocycles. The van der Waals surface area contributed by atoms with Gasteiger partial charge in [-0.05, 0) is 44.9 Å². The standard InChI is InChI=1S/C21H31N7O2/c1-3-26(4-2)20(30)17-15-28(24-23-17)18-5-7-21(18)8-12-27(13-9-21)19(29)6-11-25-14-10-22-16-25/h10,14-16,18H,3-9,11-13H2,1-2H3. The van der Waals surface area contributed by atoms with Gasteiger partial charge in [0, 0.05) is 51.5 Å². The normalized spacial score (nSPS) is 20.2. The fourth-order valence-corrected chi connectivity index (χ4v) is 4.88. The molecule has 2 aromatic rings. The Morgan fingerprint density at radius 2 is 1.97 bits per heavy atom. The van der Waals surface area contributed by atoms with Gasteiger partial charge in [-0.1, -0.05) is 5.21 Å². The topological polar surface area (TPSA) is 89.2 Å². The highest BCUT2D eigenvalue weighted by molar-refractivity contribution is 5.91. The maximum Gasteiger partial charge on any atom is 0.276 e. The summed E-state index contributed by atoms with van der Waals surface area (Å²) in [6.45, 7) is 7.53. The lowest BCUT2D eigenvalue weighted by Gasteiger charge is -2.53. The molecule has 2 amide bonds. The number of piperidine rings is 1. The highest BCUT2D eigenvalue weighted by Crippen LogP contribution is 2.56. The van der Waals surface area contributed by atoms with E-state index in [-0.39, 0.29) is 23.3 Å². The van der Waals surface area contributed by atoms with Crippen LogP contribution in [-0.4, -0.2) is 72.3 Å². The van der Waals surface area contributed by atoms with Crippen molar-refractivity contribution < 1.29 is 9.59 Å². The molecule has 1 spiro atoms. The molecule has 1 saturated heterocycles. The number of aryl methyl sites for hydroxylation is 1. The van der Waals surface area contributed by atoms with Gasteiger partial charge in [0.05, 0.1) is 18.6 Å². The first-order chi connectivity index (χ1) is 14.6. The quantitative estimate of drug-likeness (QED) is 0.693. The Morgan fingerprint density at radius 3 is 2.57 bits per heavy atom. The van der Waals surface area contributed by atoms with Gasteiger partial charge in [0.2, 0.25) is 5.91 Å². The van der Waals surface area contributed by atoms with Gasteiger partial charge in [0.1, 0.15) is 0 Å². The molecule has 162 valence electrons. The number of rotatable bonds is 7. The third kappa shape index (κ3) is 3.85. The summed E-state index contributed by atoms with van der Waals surface area (Å²) in [6.07, 6.45) is 11.8. The summed E-state index contributed by atoms with van der Waals surface area (Å²) < 4.78 is 3.84. The molecule has 1 aliphatic heterocycles. The number of aromatic nitrogens is 5. The minimum absolute atomic E-state index is 0.0575. The van der Waals surface area contributed by atoms with Gasteiger partial charge >= 0.3 is 0 Å². The zero-order chi connectivity index (χ0) is 21.1. The highest BCUT2D eigenvalue weighted by atomic mass is 16.2. The molecule has 30 heavy (non-hydrogen) atoms. The summed E-state index contributed by atoms with van der Waals surface area (Å²) in [6, 6.07) is 0.270. The number of carbonyl (C=O) groups is 2. The van der Waals surface area contributed by atoms with Gasteiger partial charge in [0.15, 0.2) is 5.69 Å². The molecule has 0 bridgehead atoms. The van der Waals surface area contributed by atoms with Crippen LogP contribution in [0.25, 0.3) is 0 Å². The van der Waals surface area contributed by atoms with Gasteiger partial charge < -0.3 is 14.4 Å². The van der Waals surface area contributed by atoms with E-state index in [2.05, 4.69) is 15.3 Å². The minimum atomic E-state index is -0.0575. The molecular formula is C21H31N7O2. The lowest BCUT2D eigenvalue weighted by molar-refractivity contribution is -0.136. The van der Waals surface area contributed by atoms with Crippen LogP contribution in [0.3, 0.4) is 0 Å². The summed E-state index contributed by atoms with van der Waals surface area (Å²) in [7, 11) is 0. The molecule has 1 saturated carbocycles. The monoisotopic (exact) mass is 413 g/mol. The van der Waals surface area contributed by atoms with Crippen LogP contribution in [0.1, 0.15) is 62.5 Å². The molecule has 9 heteroatoms. The van der Waals surface area contributed by atoms with Gasteiger partial charge in [-0.3, -0.25) is 9.59 Å². The molecule has 0 N–H and O–H groups in total. The van der Waals surface area contributed by atoms with Crippen molar-refractivity contribution >= 4 is 11.8 Å². The highest BCUT2D eigenvalue weighted by Gasteiger charge is 2.50. The molecular weight excluding hydrogens is 382 g/mol. The summed E-state index contributed by atoms with van der Waals surface area (Å²) in [5.41, 5.74) is 0.595. The molecule has 3 heterocycles. The van der Waals surface area contributed by atoms with Crippen LogP contribution in [0.2, 0.25) is 0 Å². The number of hydrogen-bond acceptors (Lipinski definition) is 5. The maximum absolute atomic E-state index is 12.6. The minimum Gasteiger partial charge on any atom is -0.343 e. The number of nitrogens with zero attached hydrogens (tertiary/aromatic N) is 7. The molecule has 1 aliphatic carbocycles. The van der Waals surface area contributed by atoms with Gasteiger partial charge in [0.25, 0.3) is 5.91 Å². The summed E-state index contributed by atoms with van der Waals surface area (Å²) in [5, 5.41) is 8.46. The van der Waals surface area contributed by atoms with E-state index in [1.54, 1.807) is 17.4 Å². The van der Waals surface area contributed by atoms with Crippen LogP contribution in [0.15, 0.2) is 24.9 Å². The van der Waals surface area contributed by atoms with E-state index in [0.717, 1.165) is 38.8 Å². The molecule has 2 aliphatic rings. The lowest BCUT2D eigenvalue weighted by atomic mass is 9.59. The molecule has 4 rings (SSSR count). The van der Waals surface area contributed by atoms with Crippen molar-refractivity contribution in [3.05, 3.63) is 30.6 Å². The second-order valence-corrected chi connectivity index (χ2v) is 8.41. The summed E-state index contributed by atoms with van der Waals surface area (Å²) in [4.78, 5) is 32.9. The van der Waals surface area contributed by atoms with E-state index < -0.39 is 0 Å². The van der Waals surface area contributed by atoms with E-state index in [1.165, 1.54) is 0 Å². The number of amides is 2. The van der Waals surface area contributed by atoms with Crippen molar-refractivity contribution in [3.8, 4) is 0 Å². The Kier molecular flexibility index (Phi) is 5.87. The first-order valence-corrected chi connectivity index (χ1v) is 11.0. The van der Waals surface area contributed by atoms with Crippen LogP contribution in [0.5, 0.6) is 0 Å². The average molecular weight is 414 g/mol. The molecule has 2 fully saturated rings. The molecule has 0 radical (unpaired) electrons. The predicted octanol–water partition coefficient (Wildman–Crippen LogP) is 1.99. The smallest absolute Gasteiger partial charge is 0.276 e. The Bertz CT molecular complexity index is 864. The van der Waals surface area contributed by atoms with Crippen LogP contribution in [0, 0.1) is 5.41 Å². The van der Waals surface area contributed by atoms with E-state index in [9.17, 15) is 9.59 Å². The zero-order valence-corrected chi connectivity index (χ0v) is 17.9. The van der Waals surface area contributed by atoms with Crippen LogP contribution in [-0.2, 0) is 11.3 Å². The van der Waals surface area contributed by atoms with Crippen LogP contribution in [0.4, 0.5) is 0 Å². The van der Waals surface area contributed by atoms with Crippen molar-refractivity contribution in [3.63, 3.8) is 0 Å². The first kappa shape index (κ1) is 20.6. The first-order valence-electron chi connectivity index (χ1n) is 11.0. The summed E-state index contributed by atoms with van der Waals surface area (Å²) >= 11 is 0. The Balaban J connectivity index is 1.33. The van der Waals surface area contributed by atoms with Crippen LogP contribution >= 0.6 is 0 Å². The third-order valence-corrected chi connectivity index (χ3v) is 6.98. The van der Waals surface area contributed by atoms with E-state index in [4.69, 9.17) is 0 Å². The van der Waals surface area contributed by atoms with Crippen molar-refractivity contribution in [2.75, 3.05) is 26.2 Å². The van der Waals surface area contributed by atoms with Gasteiger partial charge in [-0.2, -0.15) is 0 Å². The van der Waals surface area contributed by atoms with Gasteiger partial charge in [-0.15, -0.1) is 5.10 Å². The van der Waals surface area contributed by atoms with Crippen LogP contribution < -0.4 is 0 Å². The maximum atomic E-state index is 12.6. The van der Waals surface area contributed by atoms with Gasteiger partial charge in [-0.25, -0.2) is 9.67 Å². The number of likely N-dealkylation sites (tertiary alicyclic amines) is 1. The fourth-order valence-electron chi connectivity index (χ4n) is 4.88. The Labute approximate surface area is 177 Å². The largest absolute Gasteiger partial charge is 0.343 e. The van der Waals surface area contributed by atoms with E-state index in [1.807, 2.05) is 40.4 Å². The number of imidazole rings is 1. The third-order valence-electron chi connectivity index (χ3n) is 6.98. The average Bonchev–Trinajstić information content (AvgIpc) is 3.44. The van der Waals surface area contributed by atoms with E-state index >= 15 is 0 Å².